The number of hydrogen-bond acceptors (Lipinski definition) is 3. The zero-order valence-corrected chi connectivity index (χ0v) is 14.7. The topological polar surface area (TPSA) is 50.4 Å². The first-order chi connectivity index (χ1) is 12.6. The molecule has 0 bridgehead atoms. The summed E-state index contributed by atoms with van der Waals surface area (Å²) in [7, 11) is 0. The van der Waals surface area contributed by atoms with Gasteiger partial charge < -0.3 is 5.11 Å². The average Bonchev–Trinajstić information content (AvgIpc) is 2.96. The maximum absolute atomic E-state index is 10.3. The first kappa shape index (κ1) is 16.1. The lowest BCUT2D eigenvalue weighted by molar-refractivity contribution is 0.475. The number of para-hydroxylation sites is 1. The zero-order chi connectivity index (χ0) is 18.1. The van der Waals surface area contributed by atoms with Crippen LogP contribution in [0.3, 0.4) is 0 Å². The SMILES string of the molecule is Cc1nn(-c2ccccc2)c(C)c1N=Cc1c(O)ccc2ccccc12. The van der Waals surface area contributed by atoms with E-state index in [0.717, 1.165) is 39.1 Å². The first-order valence-electron chi connectivity index (χ1n) is 8.51. The van der Waals surface area contributed by atoms with Crippen LogP contribution in [0.25, 0.3) is 16.5 Å². The van der Waals surface area contributed by atoms with E-state index in [1.807, 2.05) is 79.2 Å². The quantitative estimate of drug-likeness (QED) is 0.527. The van der Waals surface area contributed by atoms with E-state index in [1.54, 1.807) is 12.3 Å². The van der Waals surface area contributed by atoms with Gasteiger partial charge in [-0.1, -0.05) is 48.5 Å². The third-order valence-electron chi connectivity index (χ3n) is 4.52. The number of nitrogens with zero attached hydrogens (tertiary/aromatic N) is 3. The van der Waals surface area contributed by atoms with Crippen molar-refractivity contribution < 1.29 is 5.11 Å². The van der Waals surface area contributed by atoms with Crippen LogP contribution in [0.4, 0.5) is 5.69 Å². The minimum absolute atomic E-state index is 0.221. The number of hydrogen-bond donors (Lipinski definition) is 1. The normalized spacial score (nSPS) is 11.5. The number of benzene rings is 3. The highest BCUT2D eigenvalue weighted by atomic mass is 16.3. The highest BCUT2D eigenvalue weighted by molar-refractivity contribution is 6.03. The van der Waals surface area contributed by atoms with Gasteiger partial charge in [-0.25, -0.2) is 4.68 Å². The van der Waals surface area contributed by atoms with Crippen LogP contribution in [0.5, 0.6) is 5.75 Å². The molecule has 0 amide bonds. The molecule has 0 atom stereocenters. The molecule has 0 aliphatic heterocycles. The van der Waals surface area contributed by atoms with Crippen molar-refractivity contribution in [3.63, 3.8) is 0 Å². The van der Waals surface area contributed by atoms with E-state index in [4.69, 9.17) is 0 Å². The standard InChI is InChI=1S/C22H19N3O/c1-15-22(16(2)25(24-15)18-9-4-3-5-10-18)23-14-20-19-11-7-6-8-17(19)12-13-21(20)26/h3-14,26H,1-2H3. The molecule has 1 aromatic heterocycles. The summed E-state index contributed by atoms with van der Waals surface area (Å²) in [5, 5.41) is 17.0. The van der Waals surface area contributed by atoms with Gasteiger partial charge in [0.05, 0.1) is 17.1 Å². The largest absolute Gasteiger partial charge is 0.507 e. The lowest BCUT2D eigenvalue weighted by Gasteiger charge is -2.05. The molecule has 0 saturated heterocycles. The fourth-order valence-electron chi connectivity index (χ4n) is 3.19. The molecule has 1 heterocycles. The molecule has 4 rings (SSSR count). The van der Waals surface area contributed by atoms with E-state index in [9.17, 15) is 5.11 Å². The second-order valence-corrected chi connectivity index (χ2v) is 6.24. The lowest BCUT2D eigenvalue weighted by Crippen LogP contribution is -1.98. The van der Waals surface area contributed by atoms with Gasteiger partial charge in [0.1, 0.15) is 11.4 Å². The van der Waals surface area contributed by atoms with Crippen LogP contribution in [0.15, 0.2) is 71.7 Å². The predicted octanol–water partition coefficient (Wildman–Crippen LogP) is 5.10. The summed E-state index contributed by atoms with van der Waals surface area (Å²) >= 11 is 0. The predicted molar refractivity (Wildman–Crippen MR) is 106 cm³/mol. The van der Waals surface area contributed by atoms with Crippen LogP contribution in [-0.2, 0) is 0 Å². The van der Waals surface area contributed by atoms with Gasteiger partial charge in [-0.05, 0) is 42.8 Å². The maximum atomic E-state index is 10.3. The summed E-state index contributed by atoms with van der Waals surface area (Å²) in [4.78, 5) is 4.66. The summed E-state index contributed by atoms with van der Waals surface area (Å²) in [6.45, 7) is 3.95. The van der Waals surface area contributed by atoms with Gasteiger partial charge in [0.25, 0.3) is 0 Å². The van der Waals surface area contributed by atoms with Gasteiger partial charge in [-0.15, -0.1) is 0 Å². The fourth-order valence-corrected chi connectivity index (χ4v) is 3.19. The number of aromatic nitrogens is 2. The molecule has 128 valence electrons. The van der Waals surface area contributed by atoms with Crippen molar-refractivity contribution in [2.75, 3.05) is 0 Å². The van der Waals surface area contributed by atoms with Gasteiger partial charge >= 0.3 is 0 Å². The Morgan fingerprint density at radius 3 is 2.46 bits per heavy atom. The number of fused-ring (bicyclic) bond motifs is 1. The minimum Gasteiger partial charge on any atom is -0.507 e. The Morgan fingerprint density at radius 1 is 0.923 bits per heavy atom. The Bertz CT molecular complexity index is 1110. The summed E-state index contributed by atoms with van der Waals surface area (Å²) in [5.74, 6) is 0.221. The summed E-state index contributed by atoms with van der Waals surface area (Å²) in [6, 6.07) is 21.6. The Balaban J connectivity index is 1.80. The van der Waals surface area contributed by atoms with Crippen LogP contribution in [-0.4, -0.2) is 21.1 Å². The van der Waals surface area contributed by atoms with Crippen molar-refractivity contribution in [3.05, 3.63) is 83.7 Å². The van der Waals surface area contributed by atoms with E-state index in [2.05, 4.69) is 10.1 Å². The van der Waals surface area contributed by atoms with Crippen LogP contribution in [0.2, 0.25) is 0 Å². The number of rotatable bonds is 3. The van der Waals surface area contributed by atoms with Gasteiger partial charge in [0, 0.05) is 11.8 Å². The van der Waals surface area contributed by atoms with Gasteiger partial charge in [0.2, 0.25) is 0 Å². The number of aromatic hydroxyl groups is 1. The van der Waals surface area contributed by atoms with Crippen molar-refractivity contribution in [1.82, 2.24) is 9.78 Å². The zero-order valence-electron chi connectivity index (χ0n) is 14.7. The lowest BCUT2D eigenvalue weighted by atomic mass is 10.0. The molecule has 4 heteroatoms. The van der Waals surface area contributed by atoms with Gasteiger partial charge in [-0.3, -0.25) is 4.99 Å². The van der Waals surface area contributed by atoms with Crippen LogP contribution < -0.4 is 0 Å². The van der Waals surface area contributed by atoms with Crippen molar-refractivity contribution in [1.29, 1.82) is 0 Å². The average molecular weight is 341 g/mol. The van der Waals surface area contributed by atoms with E-state index < -0.39 is 0 Å². The molecule has 0 fully saturated rings. The molecule has 4 aromatic rings. The summed E-state index contributed by atoms with van der Waals surface area (Å²) in [5.41, 5.74) is 4.35. The molecule has 3 aromatic carbocycles. The Hall–Kier alpha value is -3.40. The molecule has 0 unspecified atom stereocenters. The summed E-state index contributed by atoms with van der Waals surface area (Å²) in [6.07, 6.45) is 1.73. The monoisotopic (exact) mass is 341 g/mol. The van der Waals surface area contributed by atoms with Crippen molar-refractivity contribution >= 4 is 22.7 Å². The van der Waals surface area contributed by atoms with Crippen molar-refractivity contribution in [2.24, 2.45) is 4.99 Å². The number of phenolic OH excluding ortho intramolecular Hbond substituents is 1. The van der Waals surface area contributed by atoms with Gasteiger partial charge in [-0.2, -0.15) is 5.10 Å². The Kier molecular flexibility index (Phi) is 4.01. The minimum atomic E-state index is 0.221. The highest BCUT2D eigenvalue weighted by Crippen LogP contribution is 2.29. The molecule has 0 radical (unpaired) electrons. The fraction of sp³-hybridized carbons (Fsp3) is 0.0909. The number of aliphatic imine (C=N–C) groups is 1. The summed E-state index contributed by atoms with van der Waals surface area (Å²) < 4.78 is 1.89. The highest BCUT2D eigenvalue weighted by Gasteiger charge is 2.12. The van der Waals surface area contributed by atoms with E-state index in [1.165, 1.54) is 0 Å². The van der Waals surface area contributed by atoms with Crippen molar-refractivity contribution in [2.45, 2.75) is 13.8 Å². The molecule has 1 N–H and O–H groups in total. The van der Waals surface area contributed by atoms with E-state index in [0.29, 0.717) is 0 Å². The van der Waals surface area contributed by atoms with Gasteiger partial charge in [0.15, 0.2) is 0 Å². The second-order valence-electron chi connectivity index (χ2n) is 6.24. The third kappa shape index (κ3) is 2.75. The van der Waals surface area contributed by atoms with Crippen LogP contribution in [0.1, 0.15) is 17.0 Å². The van der Waals surface area contributed by atoms with Crippen molar-refractivity contribution in [3.8, 4) is 11.4 Å². The Labute approximate surface area is 152 Å². The van der Waals surface area contributed by atoms with Crippen LogP contribution >= 0.6 is 0 Å². The number of aryl methyl sites for hydroxylation is 1. The molecule has 0 spiro atoms. The maximum Gasteiger partial charge on any atom is 0.124 e. The molecule has 4 nitrogen and oxygen atoms in total. The molecule has 0 saturated carbocycles. The molecule has 0 aliphatic carbocycles. The van der Waals surface area contributed by atoms with E-state index in [-0.39, 0.29) is 5.75 Å². The molecule has 0 aliphatic rings. The second kappa shape index (κ2) is 6.48. The van der Waals surface area contributed by atoms with Crippen LogP contribution in [0, 0.1) is 13.8 Å². The molecular formula is C22H19N3O. The molecular weight excluding hydrogens is 322 g/mol. The van der Waals surface area contributed by atoms with E-state index >= 15 is 0 Å². The number of phenols is 1. The molecule has 26 heavy (non-hydrogen) atoms. The Morgan fingerprint density at radius 2 is 1.65 bits per heavy atom. The third-order valence-corrected chi connectivity index (χ3v) is 4.52. The smallest absolute Gasteiger partial charge is 0.124 e. The first-order valence-corrected chi connectivity index (χ1v) is 8.51.